The van der Waals surface area contributed by atoms with Gasteiger partial charge in [-0.25, -0.2) is 13.6 Å². The van der Waals surface area contributed by atoms with Gasteiger partial charge in [-0.15, -0.1) is 0 Å². The maximum atomic E-state index is 14.5. The molecule has 34 heavy (non-hydrogen) atoms. The molecule has 2 aromatic rings. The molecule has 0 aromatic heterocycles. The molecule has 3 saturated heterocycles. The van der Waals surface area contributed by atoms with Gasteiger partial charge in [0.25, 0.3) is 0 Å². The van der Waals surface area contributed by atoms with Crippen molar-refractivity contribution in [2.45, 2.75) is 31.3 Å². The third-order valence-corrected chi connectivity index (χ3v) is 7.58. The number of hydrogen-bond donors (Lipinski definition) is 0. The summed E-state index contributed by atoms with van der Waals surface area (Å²) in [6, 6.07) is 12.5. The van der Waals surface area contributed by atoms with Gasteiger partial charge in [0.1, 0.15) is 11.6 Å². The lowest BCUT2D eigenvalue weighted by atomic mass is 9.72. The molecule has 3 heterocycles. The van der Waals surface area contributed by atoms with Crippen LogP contribution in [0.3, 0.4) is 0 Å². The van der Waals surface area contributed by atoms with Crippen LogP contribution >= 0.6 is 0 Å². The minimum Gasteiger partial charge on any atom is -0.439 e. The fourth-order valence-corrected chi connectivity index (χ4v) is 5.55. The number of carbonyl (C=O) groups excluding carboxylic acids is 2. The molecule has 0 aliphatic carbocycles. The SMILES string of the molecule is CN1CCC(Cc2ccccc2F)(C(=O)N2CC[C@]3(C2)CN(c2cccc(F)c2)C(=O)O3)CC1. The number of amides is 2. The van der Waals surface area contributed by atoms with Crippen molar-refractivity contribution in [2.75, 3.05) is 44.7 Å². The van der Waals surface area contributed by atoms with Crippen LogP contribution in [0.5, 0.6) is 0 Å². The number of piperidine rings is 1. The van der Waals surface area contributed by atoms with Gasteiger partial charge in [-0.1, -0.05) is 24.3 Å². The number of nitrogens with zero attached hydrogens (tertiary/aromatic N) is 3. The minimum atomic E-state index is -0.816. The summed E-state index contributed by atoms with van der Waals surface area (Å²) >= 11 is 0. The third-order valence-electron chi connectivity index (χ3n) is 7.58. The van der Waals surface area contributed by atoms with Crippen LogP contribution in [0.25, 0.3) is 0 Å². The molecule has 3 aliphatic rings. The zero-order valence-electron chi connectivity index (χ0n) is 19.3. The highest BCUT2D eigenvalue weighted by molar-refractivity contribution is 5.91. The van der Waals surface area contributed by atoms with E-state index in [1.807, 2.05) is 7.05 Å². The normalized spacial score (nSPS) is 24.6. The first-order chi connectivity index (χ1) is 16.3. The van der Waals surface area contributed by atoms with Gasteiger partial charge < -0.3 is 14.5 Å². The Kier molecular flexibility index (Phi) is 5.80. The number of anilines is 1. The zero-order valence-corrected chi connectivity index (χ0v) is 19.3. The van der Waals surface area contributed by atoms with Gasteiger partial charge in [-0.3, -0.25) is 9.69 Å². The van der Waals surface area contributed by atoms with E-state index in [0.29, 0.717) is 43.5 Å². The second-order valence-corrected chi connectivity index (χ2v) is 9.95. The lowest BCUT2D eigenvalue weighted by Gasteiger charge is -2.42. The monoisotopic (exact) mass is 469 g/mol. The molecule has 3 fully saturated rings. The van der Waals surface area contributed by atoms with E-state index in [9.17, 15) is 18.4 Å². The smallest absolute Gasteiger partial charge is 0.415 e. The molecule has 1 spiro atoms. The number of likely N-dealkylation sites (tertiary alicyclic amines) is 2. The maximum Gasteiger partial charge on any atom is 0.415 e. The van der Waals surface area contributed by atoms with Crippen LogP contribution in [0.15, 0.2) is 48.5 Å². The van der Waals surface area contributed by atoms with E-state index in [2.05, 4.69) is 4.90 Å². The highest BCUT2D eigenvalue weighted by atomic mass is 19.1. The predicted molar refractivity (Wildman–Crippen MR) is 123 cm³/mol. The average molecular weight is 470 g/mol. The van der Waals surface area contributed by atoms with Crippen LogP contribution in [-0.2, 0) is 16.0 Å². The van der Waals surface area contributed by atoms with Crippen LogP contribution in [0.4, 0.5) is 19.3 Å². The Morgan fingerprint density at radius 2 is 1.76 bits per heavy atom. The number of rotatable bonds is 4. The van der Waals surface area contributed by atoms with Gasteiger partial charge in [-0.05, 0) is 69.2 Å². The van der Waals surface area contributed by atoms with Crippen molar-refractivity contribution in [3.63, 3.8) is 0 Å². The largest absolute Gasteiger partial charge is 0.439 e. The van der Waals surface area contributed by atoms with E-state index in [4.69, 9.17) is 4.74 Å². The summed E-state index contributed by atoms with van der Waals surface area (Å²) in [5.41, 5.74) is -0.508. The molecule has 1 atom stereocenters. The Bertz CT molecular complexity index is 1100. The molecule has 0 saturated carbocycles. The van der Waals surface area contributed by atoms with Gasteiger partial charge in [-0.2, -0.15) is 0 Å². The molecule has 2 amide bonds. The molecule has 6 nitrogen and oxygen atoms in total. The van der Waals surface area contributed by atoms with E-state index in [1.165, 1.54) is 23.1 Å². The van der Waals surface area contributed by atoms with Crippen LogP contribution in [0, 0.1) is 17.0 Å². The van der Waals surface area contributed by atoms with E-state index in [-0.39, 0.29) is 24.8 Å². The lowest BCUT2D eigenvalue weighted by molar-refractivity contribution is -0.144. The van der Waals surface area contributed by atoms with Crippen LogP contribution in [-0.4, -0.2) is 67.2 Å². The van der Waals surface area contributed by atoms with Gasteiger partial charge >= 0.3 is 6.09 Å². The Hall–Kier alpha value is -3.00. The third kappa shape index (κ3) is 4.15. The molecular formula is C26H29F2N3O3. The van der Waals surface area contributed by atoms with E-state index >= 15 is 0 Å². The minimum absolute atomic E-state index is 0.000910. The summed E-state index contributed by atoms with van der Waals surface area (Å²) < 4.78 is 34.0. The molecule has 180 valence electrons. The number of ether oxygens (including phenoxy) is 1. The fraction of sp³-hybridized carbons (Fsp3) is 0.462. The molecule has 0 bridgehead atoms. The summed E-state index contributed by atoms with van der Waals surface area (Å²) in [4.78, 5) is 32.0. The van der Waals surface area contributed by atoms with E-state index in [1.54, 1.807) is 35.2 Å². The summed E-state index contributed by atoms with van der Waals surface area (Å²) in [6.07, 6.45) is 1.64. The van der Waals surface area contributed by atoms with Crippen molar-refractivity contribution >= 4 is 17.7 Å². The zero-order chi connectivity index (χ0) is 23.9. The average Bonchev–Trinajstić information content (AvgIpc) is 3.38. The molecule has 2 aromatic carbocycles. The first kappa shape index (κ1) is 22.8. The summed E-state index contributed by atoms with van der Waals surface area (Å²) in [5, 5.41) is 0. The van der Waals surface area contributed by atoms with E-state index in [0.717, 1.165) is 13.1 Å². The molecule has 8 heteroatoms. The Balaban J connectivity index is 1.35. The summed E-state index contributed by atoms with van der Waals surface area (Å²) in [7, 11) is 2.03. The number of benzene rings is 2. The van der Waals surface area contributed by atoms with Gasteiger partial charge in [0.2, 0.25) is 5.91 Å². The van der Waals surface area contributed by atoms with Crippen molar-refractivity contribution in [1.82, 2.24) is 9.80 Å². The van der Waals surface area contributed by atoms with Gasteiger partial charge in [0.05, 0.1) is 24.2 Å². The topological polar surface area (TPSA) is 53.1 Å². The second-order valence-electron chi connectivity index (χ2n) is 9.95. The molecular weight excluding hydrogens is 440 g/mol. The number of hydrogen-bond acceptors (Lipinski definition) is 4. The van der Waals surface area contributed by atoms with E-state index < -0.39 is 22.9 Å². The molecule has 3 aliphatic heterocycles. The van der Waals surface area contributed by atoms with Crippen LogP contribution < -0.4 is 4.90 Å². The van der Waals surface area contributed by atoms with Crippen LogP contribution in [0.1, 0.15) is 24.8 Å². The molecule has 0 radical (unpaired) electrons. The fourth-order valence-electron chi connectivity index (χ4n) is 5.55. The number of halogens is 2. The molecule has 0 unspecified atom stereocenters. The second kappa shape index (κ2) is 8.65. The van der Waals surface area contributed by atoms with Gasteiger partial charge in [0, 0.05) is 13.0 Å². The maximum absolute atomic E-state index is 14.5. The standard InChI is InChI=1S/C26H29F2N3O3/c1-29-12-9-25(10-13-29,16-19-5-2-3-8-22(19)28)23(32)30-14-11-26(17-30)18-31(24(33)34-26)21-7-4-6-20(27)15-21/h2-8,15H,9-14,16-18H2,1H3/t26-/m0/s1. The Morgan fingerprint density at radius 3 is 2.50 bits per heavy atom. The van der Waals surface area contributed by atoms with Crippen LogP contribution in [0.2, 0.25) is 0 Å². The van der Waals surface area contributed by atoms with Crippen molar-refractivity contribution in [2.24, 2.45) is 5.41 Å². The first-order valence-corrected chi connectivity index (χ1v) is 11.8. The van der Waals surface area contributed by atoms with Crippen molar-refractivity contribution in [3.8, 4) is 0 Å². The van der Waals surface area contributed by atoms with Crippen molar-refractivity contribution in [3.05, 3.63) is 65.7 Å². The Morgan fingerprint density at radius 1 is 1.00 bits per heavy atom. The summed E-state index contributed by atoms with van der Waals surface area (Å²) in [5.74, 6) is -0.713. The quantitative estimate of drug-likeness (QED) is 0.683. The molecule has 5 rings (SSSR count). The molecule has 0 N–H and O–H groups in total. The van der Waals surface area contributed by atoms with Crippen molar-refractivity contribution in [1.29, 1.82) is 0 Å². The number of carbonyl (C=O) groups is 2. The lowest BCUT2D eigenvalue weighted by Crippen LogP contribution is -2.51. The Labute approximate surface area is 198 Å². The highest BCUT2D eigenvalue weighted by Gasteiger charge is 2.54. The van der Waals surface area contributed by atoms with Gasteiger partial charge in [0.15, 0.2) is 5.60 Å². The predicted octanol–water partition coefficient (Wildman–Crippen LogP) is 3.85. The van der Waals surface area contributed by atoms with Crippen molar-refractivity contribution < 1.29 is 23.1 Å². The first-order valence-electron chi connectivity index (χ1n) is 11.8. The summed E-state index contributed by atoms with van der Waals surface area (Å²) in [6.45, 7) is 2.56. The highest BCUT2D eigenvalue weighted by Crippen LogP contribution is 2.41.